The van der Waals surface area contributed by atoms with Crippen LogP contribution in [0.25, 0.3) is 0 Å². The highest BCUT2D eigenvalue weighted by Gasteiger charge is 2.27. The van der Waals surface area contributed by atoms with Gasteiger partial charge in [-0.25, -0.2) is 9.78 Å². The summed E-state index contributed by atoms with van der Waals surface area (Å²) in [4.78, 5) is 18.0. The first-order valence-corrected chi connectivity index (χ1v) is 6.65. The molecule has 2 atom stereocenters. The highest BCUT2D eigenvalue weighted by atomic mass is 16.5. The largest absolute Gasteiger partial charge is 0.464 e. The number of pyridine rings is 1. The maximum Gasteiger partial charge on any atom is 0.356 e. The lowest BCUT2D eigenvalue weighted by Gasteiger charge is -2.37. The van der Waals surface area contributed by atoms with Crippen LogP contribution >= 0.6 is 0 Å². The summed E-state index contributed by atoms with van der Waals surface area (Å²) in [5.41, 5.74) is 8.08. The maximum absolute atomic E-state index is 11.6. The van der Waals surface area contributed by atoms with Crippen LogP contribution in [0.4, 0.5) is 5.69 Å². The molecule has 2 N–H and O–H groups in total. The number of piperidine rings is 1. The molecule has 0 spiro atoms. The Hall–Kier alpha value is -1.66. The van der Waals surface area contributed by atoms with E-state index < -0.39 is 5.97 Å². The minimum Gasteiger partial charge on any atom is -0.464 e. The Balaban J connectivity index is 2.24. The van der Waals surface area contributed by atoms with E-state index in [9.17, 15) is 4.79 Å². The van der Waals surface area contributed by atoms with E-state index in [-0.39, 0.29) is 12.1 Å². The molecule has 0 amide bonds. The molecule has 6 heteroatoms. The van der Waals surface area contributed by atoms with E-state index >= 15 is 0 Å². The van der Waals surface area contributed by atoms with Crippen LogP contribution in [-0.2, 0) is 9.47 Å². The lowest BCUT2D eigenvalue weighted by Crippen LogP contribution is -2.51. The van der Waals surface area contributed by atoms with Crippen LogP contribution < -0.4 is 10.6 Å². The van der Waals surface area contributed by atoms with Crippen LogP contribution in [0.3, 0.4) is 0 Å². The Morgan fingerprint density at radius 2 is 2.20 bits per heavy atom. The third-order valence-electron chi connectivity index (χ3n) is 3.61. The molecule has 110 valence electrons. The van der Waals surface area contributed by atoms with E-state index in [4.69, 9.17) is 15.2 Å². The molecule has 1 aliphatic rings. The van der Waals surface area contributed by atoms with E-state index in [1.807, 2.05) is 13.0 Å². The van der Waals surface area contributed by atoms with Crippen molar-refractivity contribution in [2.45, 2.75) is 25.5 Å². The summed E-state index contributed by atoms with van der Waals surface area (Å²) in [7, 11) is 3.03. The molecule has 2 unspecified atom stereocenters. The van der Waals surface area contributed by atoms with Gasteiger partial charge in [0.1, 0.15) is 0 Å². The summed E-state index contributed by atoms with van der Waals surface area (Å²) >= 11 is 0. The second-order valence-electron chi connectivity index (χ2n) is 5.02. The van der Waals surface area contributed by atoms with Crippen molar-refractivity contribution in [3.05, 3.63) is 23.5 Å². The quantitative estimate of drug-likeness (QED) is 0.822. The van der Waals surface area contributed by atoms with Crippen molar-refractivity contribution in [2.75, 3.05) is 32.2 Å². The van der Waals surface area contributed by atoms with Crippen LogP contribution in [0, 0.1) is 6.92 Å². The fourth-order valence-electron chi connectivity index (χ4n) is 2.46. The molecule has 1 fully saturated rings. The molecule has 1 saturated heterocycles. The zero-order chi connectivity index (χ0) is 14.7. The molecule has 0 aliphatic carbocycles. The number of methoxy groups -OCH3 is 2. The number of nitrogens with two attached hydrogens (primary N) is 1. The fraction of sp³-hybridized carbons (Fsp3) is 0.571. The number of anilines is 1. The number of hydrogen-bond donors (Lipinski definition) is 1. The molecule has 1 aliphatic heterocycles. The first kappa shape index (κ1) is 14.7. The van der Waals surface area contributed by atoms with Crippen molar-refractivity contribution in [3.63, 3.8) is 0 Å². The fourth-order valence-corrected chi connectivity index (χ4v) is 2.46. The Morgan fingerprint density at radius 1 is 1.45 bits per heavy atom. The van der Waals surface area contributed by atoms with Gasteiger partial charge in [-0.1, -0.05) is 0 Å². The van der Waals surface area contributed by atoms with Crippen molar-refractivity contribution < 1.29 is 14.3 Å². The van der Waals surface area contributed by atoms with Gasteiger partial charge in [0.05, 0.1) is 13.2 Å². The van der Waals surface area contributed by atoms with Gasteiger partial charge in [0.2, 0.25) is 0 Å². The average Bonchev–Trinajstić information content (AvgIpc) is 2.46. The third-order valence-corrected chi connectivity index (χ3v) is 3.61. The first-order valence-electron chi connectivity index (χ1n) is 6.65. The van der Waals surface area contributed by atoms with Crippen LogP contribution in [0.1, 0.15) is 22.6 Å². The van der Waals surface area contributed by atoms with Gasteiger partial charge >= 0.3 is 5.97 Å². The second-order valence-corrected chi connectivity index (χ2v) is 5.02. The SMILES string of the molecule is COC(=O)c1cc(N2CCC(N)C(OC)C2)cc(C)n1. The van der Waals surface area contributed by atoms with Gasteiger partial charge in [-0.3, -0.25) is 0 Å². The van der Waals surface area contributed by atoms with Gasteiger partial charge < -0.3 is 20.1 Å². The van der Waals surface area contributed by atoms with E-state index in [1.165, 1.54) is 7.11 Å². The Bertz CT molecular complexity index is 493. The molecule has 1 aromatic heterocycles. The first-order chi connectivity index (χ1) is 9.55. The molecular formula is C14H21N3O3. The number of ether oxygens (including phenoxy) is 2. The van der Waals surface area contributed by atoms with E-state index in [0.29, 0.717) is 12.2 Å². The molecule has 6 nitrogen and oxygen atoms in total. The normalized spacial score (nSPS) is 22.7. The number of aromatic nitrogens is 1. The van der Waals surface area contributed by atoms with Crippen LogP contribution in [0.15, 0.2) is 12.1 Å². The number of aryl methyl sites for hydroxylation is 1. The molecule has 0 radical (unpaired) electrons. The molecule has 20 heavy (non-hydrogen) atoms. The molecule has 2 rings (SSSR count). The predicted octanol–water partition coefficient (Wildman–Crippen LogP) is 0.729. The van der Waals surface area contributed by atoms with Crippen molar-refractivity contribution in [1.82, 2.24) is 4.98 Å². The van der Waals surface area contributed by atoms with Gasteiger partial charge in [0.25, 0.3) is 0 Å². The highest BCUT2D eigenvalue weighted by Crippen LogP contribution is 2.22. The number of hydrogen-bond acceptors (Lipinski definition) is 6. The summed E-state index contributed by atoms with van der Waals surface area (Å²) in [6.07, 6.45) is 0.853. The molecule has 0 bridgehead atoms. The average molecular weight is 279 g/mol. The van der Waals surface area contributed by atoms with Gasteiger partial charge in [-0.2, -0.15) is 0 Å². The number of carbonyl (C=O) groups excluding carboxylic acids is 1. The summed E-state index contributed by atoms with van der Waals surface area (Å²) in [6, 6.07) is 3.76. The summed E-state index contributed by atoms with van der Waals surface area (Å²) in [5.74, 6) is -0.424. The summed E-state index contributed by atoms with van der Waals surface area (Å²) in [5, 5.41) is 0. The van der Waals surface area contributed by atoms with E-state index in [0.717, 1.165) is 24.3 Å². The lowest BCUT2D eigenvalue weighted by atomic mass is 10.0. The molecule has 0 aromatic carbocycles. The third kappa shape index (κ3) is 3.08. The number of carbonyl (C=O) groups is 1. The van der Waals surface area contributed by atoms with Crippen molar-refractivity contribution in [2.24, 2.45) is 5.73 Å². The van der Waals surface area contributed by atoms with Gasteiger partial charge in [-0.05, 0) is 25.5 Å². The van der Waals surface area contributed by atoms with Gasteiger partial charge in [0, 0.05) is 37.6 Å². The smallest absolute Gasteiger partial charge is 0.356 e. The lowest BCUT2D eigenvalue weighted by molar-refractivity contribution is 0.0593. The van der Waals surface area contributed by atoms with Crippen molar-refractivity contribution >= 4 is 11.7 Å². The number of rotatable bonds is 3. The van der Waals surface area contributed by atoms with Crippen LogP contribution in [-0.4, -0.2) is 50.4 Å². The monoisotopic (exact) mass is 279 g/mol. The molecule has 1 aromatic rings. The highest BCUT2D eigenvalue weighted by molar-refractivity contribution is 5.88. The number of nitrogens with zero attached hydrogens (tertiary/aromatic N) is 2. The Morgan fingerprint density at radius 3 is 2.85 bits per heavy atom. The topological polar surface area (TPSA) is 77.7 Å². The van der Waals surface area contributed by atoms with Crippen LogP contribution in [0.2, 0.25) is 0 Å². The minimum atomic E-state index is -0.424. The van der Waals surface area contributed by atoms with Gasteiger partial charge in [-0.15, -0.1) is 0 Å². The predicted molar refractivity (Wildman–Crippen MR) is 75.9 cm³/mol. The number of esters is 1. The standard InChI is InChI=1S/C14H21N3O3/c1-9-6-10(7-12(16-9)14(18)20-3)17-5-4-11(15)13(8-17)19-2/h6-7,11,13H,4-5,8,15H2,1-3H3. The van der Waals surface area contributed by atoms with E-state index in [1.54, 1.807) is 13.2 Å². The zero-order valence-electron chi connectivity index (χ0n) is 12.1. The minimum absolute atomic E-state index is 0.00111. The zero-order valence-corrected chi connectivity index (χ0v) is 12.1. The molecule has 0 saturated carbocycles. The second kappa shape index (κ2) is 6.19. The van der Waals surface area contributed by atoms with Gasteiger partial charge in [0.15, 0.2) is 5.69 Å². The van der Waals surface area contributed by atoms with Crippen molar-refractivity contribution in [1.29, 1.82) is 0 Å². The van der Waals surface area contributed by atoms with Crippen LogP contribution in [0.5, 0.6) is 0 Å². The Labute approximate surface area is 118 Å². The molecule has 2 heterocycles. The summed E-state index contributed by atoms with van der Waals surface area (Å²) < 4.78 is 10.1. The maximum atomic E-state index is 11.6. The van der Waals surface area contributed by atoms with Crippen molar-refractivity contribution in [3.8, 4) is 0 Å². The summed E-state index contributed by atoms with van der Waals surface area (Å²) in [6.45, 7) is 3.41. The molecular weight excluding hydrogens is 258 g/mol. The van der Waals surface area contributed by atoms with E-state index in [2.05, 4.69) is 9.88 Å². The Kier molecular flexibility index (Phi) is 4.57.